The highest BCUT2D eigenvalue weighted by Gasteiger charge is 2.34. The quantitative estimate of drug-likeness (QED) is 0.788. The van der Waals surface area contributed by atoms with E-state index in [-0.39, 0.29) is 11.7 Å². The maximum atomic E-state index is 12.8. The van der Waals surface area contributed by atoms with Gasteiger partial charge < -0.3 is 15.4 Å². The van der Waals surface area contributed by atoms with Gasteiger partial charge in [0.05, 0.1) is 18.8 Å². The summed E-state index contributed by atoms with van der Waals surface area (Å²) < 4.78 is 43.6. The number of benzene rings is 1. The van der Waals surface area contributed by atoms with Crippen molar-refractivity contribution in [2.24, 2.45) is 0 Å². The lowest BCUT2D eigenvalue weighted by atomic mass is 10.1. The van der Waals surface area contributed by atoms with Crippen LogP contribution in [-0.2, 0) is 10.9 Å². The van der Waals surface area contributed by atoms with Crippen LogP contribution >= 0.6 is 0 Å². The van der Waals surface area contributed by atoms with Gasteiger partial charge in [0.15, 0.2) is 0 Å². The molecule has 1 aliphatic heterocycles. The first-order valence-electron chi connectivity index (χ1n) is 5.70. The smallest absolute Gasteiger partial charge is 0.398 e. The standard InChI is InChI=1S/C12H15F3N2O/c1-8-7-18-5-4-17(8)9-2-3-11(16)10(6-9)12(13,14)15/h2-3,6,8H,4-5,7,16H2,1H3. The van der Waals surface area contributed by atoms with Crippen LogP contribution in [0, 0.1) is 0 Å². The zero-order chi connectivity index (χ0) is 13.3. The van der Waals surface area contributed by atoms with Gasteiger partial charge in [0.2, 0.25) is 0 Å². The third kappa shape index (κ3) is 2.53. The normalized spacial score (nSPS) is 21.1. The maximum Gasteiger partial charge on any atom is 0.418 e. The van der Waals surface area contributed by atoms with Crippen molar-refractivity contribution in [3.8, 4) is 0 Å². The van der Waals surface area contributed by atoms with Crippen LogP contribution in [0.25, 0.3) is 0 Å². The lowest BCUT2D eigenvalue weighted by molar-refractivity contribution is -0.136. The first-order chi connectivity index (χ1) is 8.39. The van der Waals surface area contributed by atoms with Crippen molar-refractivity contribution in [1.29, 1.82) is 0 Å². The van der Waals surface area contributed by atoms with Crippen molar-refractivity contribution in [2.75, 3.05) is 30.4 Å². The summed E-state index contributed by atoms with van der Waals surface area (Å²) in [4.78, 5) is 1.90. The Morgan fingerprint density at radius 3 is 2.72 bits per heavy atom. The molecule has 1 aliphatic rings. The Bertz CT molecular complexity index is 434. The first kappa shape index (κ1) is 13.0. The van der Waals surface area contributed by atoms with Gasteiger partial charge in [-0.1, -0.05) is 0 Å². The molecule has 0 spiro atoms. The molecule has 2 rings (SSSR count). The Kier molecular flexibility index (Phi) is 3.38. The highest BCUT2D eigenvalue weighted by Crippen LogP contribution is 2.36. The zero-order valence-electron chi connectivity index (χ0n) is 10.00. The molecule has 1 atom stereocenters. The minimum Gasteiger partial charge on any atom is -0.398 e. The summed E-state index contributed by atoms with van der Waals surface area (Å²) in [6.07, 6.45) is -4.42. The van der Waals surface area contributed by atoms with Crippen molar-refractivity contribution in [1.82, 2.24) is 0 Å². The minimum absolute atomic E-state index is 0.0588. The summed E-state index contributed by atoms with van der Waals surface area (Å²) in [5, 5.41) is 0. The fourth-order valence-corrected chi connectivity index (χ4v) is 2.08. The number of anilines is 2. The topological polar surface area (TPSA) is 38.5 Å². The van der Waals surface area contributed by atoms with Crippen molar-refractivity contribution in [3.63, 3.8) is 0 Å². The Morgan fingerprint density at radius 1 is 1.39 bits per heavy atom. The minimum atomic E-state index is -4.42. The predicted molar refractivity (Wildman–Crippen MR) is 63.5 cm³/mol. The fraction of sp³-hybridized carbons (Fsp3) is 0.500. The van der Waals surface area contributed by atoms with E-state index in [9.17, 15) is 13.2 Å². The number of rotatable bonds is 1. The third-order valence-corrected chi connectivity index (χ3v) is 3.04. The number of morpholine rings is 1. The van der Waals surface area contributed by atoms with E-state index in [4.69, 9.17) is 10.5 Å². The third-order valence-electron chi connectivity index (χ3n) is 3.04. The molecule has 18 heavy (non-hydrogen) atoms. The van der Waals surface area contributed by atoms with E-state index in [2.05, 4.69) is 0 Å². The maximum absolute atomic E-state index is 12.8. The van der Waals surface area contributed by atoms with E-state index >= 15 is 0 Å². The molecule has 0 aliphatic carbocycles. The van der Waals surface area contributed by atoms with Crippen LogP contribution in [0.1, 0.15) is 12.5 Å². The van der Waals surface area contributed by atoms with Crippen molar-refractivity contribution in [3.05, 3.63) is 23.8 Å². The van der Waals surface area contributed by atoms with Gasteiger partial charge in [0.1, 0.15) is 0 Å². The summed E-state index contributed by atoms with van der Waals surface area (Å²) in [7, 11) is 0. The molecule has 1 aromatic rings. The molecule has 0 amide bonds. The van der Waals surface area contributed by atoms with E-state index in [1.807, 2.05) is 11.8 Å². The largest absolute Gasteiger partial charge is 0.418 e. The number of nitrogens with two attached hydrogens (primary N) is 1. The average molecular weight is 260 g/mol. The molecular formula is C12H15F3N2O. The Labute approximate surface area is 103 Å². The Balaban J connectivity index is 2.34. The lowest BCUT2D eigenvalue weighted by Crippen LogP contribution is -2.43. The number of hydrogen-bond acceptors (Lipinski definition) is 3. The molecule has 1 unspecified atom stereocenters. The molecule has 1 aromatic carbocycles. The van der Waals surface area contributed by atoms with Gasteiger partial charge in [-0.3, -0.25) is 0 Å². The van der Waals surface area contributed by atoms with Gasteiger partial charge in [-0.25, -0.2) is 0 Å². The second-order valence-electron chi connectivity index (χ2n) is 4.39. The van der Waals surface area contributed by atoms with Gasteiger partial charge in [0.25, 0.3) is 0 Å². The van der Waals surface area contributed by atoms with Gasteiger partial charge in [-0.15, -0.1) is 0 Å². The molecule has 0 saturated carbocycles. The van der Waals surface area contributed by atoms with Crippen LogP contribution in [0.2, 0.25) is 0 Å². The summed E-state index contributed by atoms with van der Waals surface area (Å²) in [5.41, 5.74) is 4.89. The first-order valence-corrected chi connectivity index (χ1v) is 5.70. The molecular weight excluding hydrogens is 245 g/mol. The van der Waals surface area contributed by atoms with Crippen molar-refractivity contribution < 1.29 is 17.9 Å². The van der Waals surface area contributed by atoms with E-state index in [0.29, 0.717) is 25.4 Å². The van der Waals surface area contributed by atoms with E-state index in [0.717, 1.165) is 6.07 Å². The number of ether oxygens (including phenoxy) is 1. The number of nitrogen functional groups attached to an aromatic ring is 1. The van der Waals surface area contributed by atoms with Crippen LogP contribution in [0.15, 0.2) is 18.2 Å². The molecule has 0 aromatic heterocycles. The van der Waals surface area contributed by atoms with Gasteiger partial charge in [-0.2, -0.15) is 13.2 Å². The van der Waals surface area contributed by atoms with Gasteiger partial charge in [-0.05, 0) is 25.1 Å². The summed E-state index contributed by atoms with van der Waals surface area (Å²) in [5.74, 6) is 0. The molecule has 1 saturated heterocycles. The lowest BCUT2D eigenvalue weighted by Gasteiger charge is -2.35. The van der Waals surface area contributed by atoms with Crippen molar-refractivity contribution in [2.45, 2.75) is 19.1 Å². The zero-order valence-corrected chi connectivity index (χ0v) is 10.00. The van der Waals surface area contributed by atoms with Crippen LogP contribution in [0.5, 0.6) is 0 Å². The molecule has 0 radical (unpaired) electrons. The van der Waals surface area contributed by atoms with Crippen LogP contribution in [0.4, 0.5) is 24.5 Å². The van der Waals surface area contributed by atoms with Crippen LogP contribution in [-0.4, -0.2) is 25.8 Å². The molecule has 1 fully saturated rings. The molecule has 2 N–H and O–H groups in total. The highest BCUT2D eigenvalue weighted by molar-refractivity contribution is 5.60. The van der Waals surface area contributed by atoms with E-state index in [1.165, 1.54) is 6.07 Å². The van der Waals surface area contributed by atoms with Crippen molar-refractivity contribution >= 4 is 11.4 Å². The van der Waals surface area contributed by atoms with Crippen LogP contribution in [0.3, 0.4) is 0 Å². The number of halogens is 3. The number of nitrogens with zero attached hydrogens (tertiary/aromatic N) is 1. The second kappa shape index (κ2) is 4.68. The summed E-state index contributed by atoms with van der Waals surface area (Å²) in [6.45, 7) is 3.55. The van der Waals surface area contributed by atoms with E-state index < -0.39 is 11.7 Å². The van der Waals surface area contributed by atoms with E-state index in [1.54, 1.807) is 6.07 Å². The fourth-order valence-electron chi connectivity index (χ4n) is 2.08. The van der Waals surface area contributed by atoms with Gasteiger partial charge in [0, 0.05) is 24.0 Å². The van der Waals surface area contributed by atoms with Gasteiger partial charge >= 0.3 is 6.18 Å². The molecule has 6 heteroatoms. The SMILES string of the molecule is CC1COCCN1c1ccc(N)c(C(F)(F)F)c1. The molecule has 3 nitrogen and oxygen atoms in total. The number of hydrogen-bond donors (Lipinski definition) is 1. The Morgan fingerprint density at radius 2 is 2.11 bits per heavy atom. The second-order valence-corrected chi connectivity index (χ2v) is 4.39. The monoisotopic (exact) mass is 260 g/mol. The molecule has 1 heterocycles. The average Bonchev–Trinajstić information content (AvgIpc) is 2.29. The molecule has 0 bridgehead atoms. The summed E-state index contributed by atoms with van der Waals surface area (Å²) in [6, 6.07) is 4.09. The molecule has 100 valence electrons. The van der Waals surface area contributed by atoms with Crippen LogP contribution < -0.4 is 10.6 Å². The number of alkyl halides is 3. The summed E-state index contributed by atoms with van der Waals surface area (Å²) >= 11 is 0. The Hall–Kier alpha value is -1.43. The highest BCUT2D eigenvalue weighted by atomic mass is 19.4. The predicted octanol–water partition coefficient (Wildman–Crippen LogP) is 2.51.